The maximum atomic E-state index is 11.0. The highest BCUT2D eigenvalue weighted by Gasteiger charge is 2.15. The van der Waals surface area contributed by atoms with E-state index in [4.69, 9.17) is 0 Å². The lowest BCUT2D eigenvalue weighted by Crippen LogP contribution is -2.05. The Kier molecular flexibility index (Phi) is 2.44. The van der Waals surface area contributed by atoms with Crippen molar-refractivity contribution in [2.75, 3.05) is 0 Å². The summed E-state index contributed by atoms with van der Waals surface area (Å²) in [7, 11) is 0. The van der Waals surface area contributed by atoms with Crippen LogP contribution >= 0.6 is 15.9 Å². The van der Waals surface area contributed by atoms with E-state index in [9.17, 15) is 4.79 Å². The second kappa shape index (κ2) is 3.15. The predicted octanol–water partition coefficient (Wildman–Crippen LogP) is 2.57. The van der Waals surface area contributed by atoms with E-state index in [1.807, 2.05) is 0 Å². The van der Waals surface area contributed by atoms with Crippen molar-refractivity contribution in [2.45, 2.75) is 19.3 Å². The van der Waals surface area contributed by atoms with Crippen LogP contribution in [0.25, 0.3) is 0 Å². The van der Waals surface area contributed by atoms with Crippen molar-refractivity contribution in [3.8, 4) is 0 Å². The maximum Gasteiger partial charge on any atom is 0.170 e. The summed E-state index contributed by atoms with van der Waals surface area (Å²) in [5.41, 5.74) is 1.05. The van der Waals surface area contributed by atoms with E-state index in [0.29, 0.717) is 6.42 Å². The Morgan fingerprint density at radius 2 is 2.20 bits per heavy atom. The van der Waals surface area contributed by atoms with Gasteiger partial charge in [0.05, 0.1) is 4.48 Å². The molecule has 0 aromatic carbocycles. The smallest absolute Gasteiger partial charge is 0.170 e. The molecule has 1 rings (SSSR count). The Hall–Kier alpha value is -0.370. The van der Waals surface area contributed by atoms with Crippen molar-refractivity contribution < 1.29 is 4.79 Å². The number of rotatable bonds is 1. The minimum Gasteiger partial charge on any atom is -0.294 e. The summed E-state index contributed by atoms with van der Waals surface area (Å²) in [6.07, 6.45) is 4.38. The standard InChI is InChI=1S/C8H9BrO/c1-2-6-4-3-5-7(10)8(6)9/h2H,1,3-5H2. The van der Waals surface area contributed by atoms with E-state index < -0.39 is 0 Å². The van der Waals surface area contributed by atoms with Crippen LogP contribution in [-0.4, -0.2) is 5.78 Å². The summed E-state index contributed by atoms with van der Waals surface area (Å²) >= 11 is 3.24. The molecule has 0 aromatic heterocycles. The zero-order valence-corrected chi connectivity index (χ0v) is 7.28. The number of carbonyl (C=O) groups is 1. The molecule has 0 atom stereocenters. The number of halogens is 1. The van der Waals surface area contributed by atoms with E-state index >= 15 is 0 Å². The average molecular weight is 201 g/mol. The van der Waals surface area contributed by atoms with Crippen LogP contribution in [0.5, 0.6) is 0 Å². The third-order valence-corrected chi connectivity index (χ3v) is 2.57. The average Bonchev–Trinajstić information content (AvgIpc) is 1.95. The normalized spacial score (nSPS) is 19.5. The zero-order chi connectivity index (χ0) is 7.56. The van der Waals surface area contributed by atoms with Gasteiger partial charge in [0.15, 0.2) is 5.78 Å². The van der Waals surface area contributed by atoms with Gasteiger partial charge in [0.1, 0.15) is 0 Å². The van der Waals surface area contributed by atoms with Crippen LogP contribution in [0.15, 0.2) is 22.7 Å². The Labute approximate surface area is 68.9 Å². The van der Waals surface area contributed by atoms with Gasteiger partial charge in [-0.05, 0) is 34.3 Å². The van der Waals surface area contributed by atoms with E-state index in [-0.39, 0.29) is 5.78 Å². The molecule has 1 aliphatic carbocycles. The Bertz CT molecular complexity index is 203. The molecular weight excluding hydrogens is 192 g/mol. The second-order valence-corrected chi connectivity index (χ2v) is 3.11. The highest BCUT2D eigenvalue weighted by Crippen LogP contribution is 2.26. The first-order valence-electron chi connectivity index (χ1n) is 3.30. The number of hydrogen-bond acceptors (Lipinski definition) is 1. The summed E-state index contributed by atoms with van der Waals surface area (Å²) in [5, 5.41) is 0. The summed E-state index contributed by atoms with van der Waals surface area (Å²) in [6, 6.07) is 0. The quantitative estimate of drug-likeness (QED) is 0.637. The van der Waals surface area contributed by atoms with Crippen LogP contribution in [0.1, 0.15) is 19.3 Å². The molecule has 0 heterocycles. The lowest BCUT2D eigenvalue weighted by Gasteiger charge is -2.10. The number of carbonyl (C=O) groups excluding carboxylic acids is 1. The summed E-state index contributed by atoms with van der Waals surface area (Å²) in [5.74, 6) is 0.209. The summed E-state index contributed by atoms with van der Waals surface area (Å²) in [4.78, 5) is 11.0. The largest absolute Gasteiger partial charge is 0.294 e. The molecule has 0 saturated heterocycles. The Morgan fingerprint density at radius 3 is 2.70 bits per heavy atom. The molecule has 0 radical (unpaired) electrons. The molecular formula is C8H9BrO. The molecule has 0 aromatic rings. The summed E-state index contributed by atoms with van der Waals surface area (Å²) in [6.45, 7) is 3.63. The fraction of sp³-hybridized carbons (Fsp3) is 0.375. The molecule has 10 heavy (non-hydrogen) atoms. The Morgan fingerprint density at radius 1 is 1.50 bits per heavy atom. The first-order valence-corrected chi connectivity index (χ1v) is 4.09. The number of allylic oxidation sites excluding steroid dienone is 3. The highest BCUT2D eigenvalue weighted by molar-refractivity contribution is 9.12. The minimum atomic E-state index is 0.209. The fourth-order valence-corrected chi connectivity index (χ4v) is 1.59. The second-order valence-electron chi connectivity index (χ2n) is 2.32. The molecule has 1 aliphatic rings. The first kappa shape index (κ1) is 7.73. The van der Waals surface area contributed by atoms with Gasteiger partial charge in [0, 0.05) is 6.42 Å². The van der Waals surface area contributed by atoms with Gasteiger partial charge in [-0.3, -0.25) is 4.79 Å². The van der Waals surface area contributed by atoms with E-state index in [2.05, 4.69) is 22.5 Å². The van der Waals surface area contributed by atoms with Crippen molar-refractivity contribution >= 4 is 21.7 Å². The molecule has 2 heteroatoms. The van der Waals surface area contributed by atoms with Crippen LogP contribution in [0.3, 0.4) is 0 Å². The SMILES string of the molecule is C=CC1=C(Br)C(=O)CCC1. The highest BCUT2D eigenvalue weighted by atomic mass is 79.9. The van der Waals surface area contributed by atoms with Gasteiger partial charge in [-0.2, -0.15) is 0 Å². The minimum absolute atomic E-state index is 0.209. The lowest BCUT2D eigenvalue weighted by atomic mass is 9.99. The fourth-order valence-electron chi connectivity index (χ4n) is 1.03. The molecule has 1 nitrogen and oxygen atoms in total. The van der Waals surface area contributed by atoms with E-state index in [0.717, 1.165) is 22.9 Å². The number of hydrogen-bond donors (Lipinski definition) is 0. The molecule has 0 amide bonds. The molecule has 0 aliphatic heterocycles. The van der Waals surface area contributed by atoms with Crippen LogP contribution in [0.4, 0.5) is 0 Å². The van der Waals surface area contributed by atoms with Crippen molar-refractivity contribution in [1.82, 2.24) is 0 Å². The summed E-state index contributed by atoms with van der Waals surface area (Å²) < 4.78 is 0.730. The molecule has 0 bridgehead atoms. The third kappa shape index (κ3) is 1.37. The lowest BCUT2D eigenvalue weighted by molar-refractivity contribution is -0.115. The van der Waals surface area contributed by atoms with Crippen LogP contribution in [-0.2, 0) is 4.79 Å². The third-order valence-electron chi connectivity index (χ3n) is 1.62. The molecule has 0 spiro atoms. The van der Waals surface area contributed by atoms with Crippen molar-refractivity contribution in [3.63, 3.8) is 0 Å². The van der Waals surface area contributed by atoms with Crippen molar-refractivity contribution in [1.29, 1.82) is 0 Å². The van der Waals surface area contributed by atoms with E-state index in [1.54, 1.807) is 6.08 Å². The van der Waals surface area contributed by atoms with Crippen LogP contribution < -0.4 is 0 Å². The number of ketones is 1. The van der Waals surface area contributed by atoms with Crippen LogP contribution in [0.2, 0.25) is 0 Å². The molecule has 0 fully saturated rings. The van der Waals surface area contributed by atoms with Gasteiger partial charge in [-0.25, -0.2) is 0 Å². The van der Waals surface area contributed by atoms with Crippen molar-refractivity contribution in [3.05, 3.63) is 22.7 Å². The Balaban J connectivity index is 2.92. The van der Waals surface area contributed by atoms with E-state index in [1.165, 1.54) is 0 Å². The van der Waals surface area contributed by atoms with Gasteiger partial charge >= 0.3 is 0 Å². The maximum absolute atomic E-state index is 11.0. The molecule has 54 valence electrons. The number of Topliss-reactive ketones (excluding diaryl/α,β-unsaturated/α-hetero) is 1. The van der Waals surface area contributed by atoms with Gasteiger partial charge in [0.2, 0.25) is 0 Å². The zero-order valence-electron chi connectivity index (χ0n) is 5.69. The monoisotopic (exact) mass is 200 g/mol. The van der Waals surface area contributed by atoms with Gasteiger partial charge in [-0.1, -0.05) is 12.7 Å². The van der Waals surface area contributed by atoms with Crippen molar-refractivity contribution in [2.24, 2.45) is 0 Å². The molecule has 0 saturated carbocycles. The predicted molar refractivity (Wildman–Crippen MR) is 45.0 cm³/mol. The molecule has 0 unspecified atom stereocenters. The van der Waals surface area contributed by atoms with Gasteiger partial charge in [0.25, 0.3) is 0 Å². The van der Waals surface area contributed by atoms with Gasteiger partial charge in [-0.15, -0.1) is 0 Å². The molecule has 0 N–H and O–H groups in total. The topological polar surface area (TPSA) is 17.1 Å². The van der Waals surface area contributed by atoms with Crippen LogP contribution in [0, 0.1) is 0 Å². The first-order chi connectivity index (χ1) is 4.75. The van der Waals surface area contributed by atoms with Gasteiger partial charge < -0.3 is 0 Å².